The van der Waals surface area contributed by atoms with Crippen LogP contribution >= 0.6 is 0 Å². The van der Waals surface area contributed by atoms with Crippen LogP contribution in [0.5, 0.6) is 0 Å². The maximum atomic E-state index is 10.5. The van der Waals surface area contributed by atoms with E-state index in [4.69, 9.17) is 4.74 Å². The highest BCUT2D eigenvalue weighted by molar-refractivity contribution is 5.65. The minimum Gasteiger partial charge on any atom is -0.466 e. The molecule has 0 aromatic rings. The smallest absolute Gasteiger partial charge is 0.302 e. The topological polar surface area (TPSA) is 26.3 Å². The van der Waals surface area contributed by atoms with Crippen molar-refractivity contribution in [2.75, 3.05) is 6.61 Å². The van der Waals surface area contributed by atoms with Crippen molar-refractivity contribution in [1.82, 2.24) is 0 Å². The van der Waals surface area contributed by atoms with Crippen LogP contribution < -0.4 is 0 Å². The highest BCUT2D eigenvalue weighted by Gasteiger charge is 2.12. The van der Waals surface area contributed by atoms with Crippen LogP contribution in [0.3, 0.4) is 0 Å². The first-order valence-electron chi connectivity index (χ1n) is 5.02. The highest BCUT2D eigenvalue weighted by Crippen LogP contribution is 2.26. The van der Waals surface area contributed by atoms with Crippen molar-refractivity contribution >= 4 is 5.97 Å². The minimum atomic E-state index is -0.174. The first kappa shape index (κ1) is 10.3. The fourth-order valence-electron chi connectivity index (χ4n) is 1.71. The fourth-order valence-corrected chi connectivity index (χ4v) is 1.71. The standard InChI is InChI=1S/C11H18O2/c1-9(7-8-13-10(2)12)11-5-3-4-6-11/h5,9H,3-4,6-8H2,1-2H3/t9-/m1/s1. The van der Waals surface area contributed by atoms with Crippen LogP contribution in [0.4, 0.5) is 0 Å². The summed E-state index contributed by atoms with van der Waals surface area (Å²) in [6, 6.07) is 0. The van der Waals surface area contributed by atoms with Gasteiger partial charge in [-0.3, -0.25) is 4.79 Å². The van der Waals surface area contributed by atoms with Crippen LogP contribution in [0.1, 0.15) is 39.5 Å². The summed E-state index contributed by atoms with van der Waals surface area (Å²) < 4.78 is 4.91. The van der Waals surface area contributed by atoms with E-state index >= 15 is 0 Å². The first-order chi connectivity index (χ1) is 6.20. The summed E-state index contributed by atoms with van der Waals surface area (Å²) in [5, 5.41) is 0. The summed E-state index contributed by atoms with van der Waals surface area (Å²) in [6.45, 7) is 4.23. The molecule has 0 bridgehead atoms. The van der Waals surface area contributed by atoms with E-state index in [2.05, 4.69) is 13.0 Å². The third kappa shape index (κ3) is 3.62. The van der Waals surface area contributed by atoms with Gasteiger partial charge in [0, 0.05) is 6.92 Å². The SMILES string of the molecule is CC(=O)OCC[C@@H](C)C1=CCCC1. The van der Waals surface area contributed by atoms with Crippen molar-refractivity contribution in [2.45, 2.75) is 39.5 Å². The lowest BCUT2D eigenvalue weighted by Gasteiger charge is -2.12. The van der Waals surface area contributed by atoms with Gasteiger partial charge in [0.1, 0.15) is 0 Å². The van der Waals surface area contributed by atoms with Crippen molar-refractivity contribution < 1.29 is 9.53 Å². The molecule has 0 N–H and O–H groups in total. The van der Waals surface area contributed by atoms with Crippen molar-refractivity contribution in [1.29, 1.82) is 0 Å². The molecular formula is C11H18O2. The Bertz CT molecular complexity index is 206. The maximum absolute atomic E-state index is 10.5. The summed E-state index contributed by atoms with van der Waals surface area (Å²) in [5.74, 6) is 0.412. The molecule has 1 aliphatic carbocycles. The Kier molecular flexibility index (Phi) is 4.00. The van der Waals surface area contributed by atoms with Crippen molar-refractivity contribution in [3.63, 3.8) is 0 Å². The zero-order valence-electron chi connectivity index (χ0n) is 8.51. The van der Waals surface area contributed by atoms with Crippen molar-refractivity contribution in [2.24, 2.45) is 5.92 Å². The van der Waals surface area contributed by atoms with Crippen LogP contribution in [-0.2, 0) is 9.53 Å². The number of hydrogen-bond donors (Lipinski definition) is 0. The van der Waals surface area contributed by atoms with E-state index in [1.807, 2.05) is 0 Å². The van der Waals surface area contributed by atoms with Gasteiger partial charge >= 0.3 is 5.97 Å². The van der Waals surface area contributed by atoms with E-state index in [-0.39, 0.29) is 5.97 Å². The van der Waals surface area contributed by atoms with E-state index in [1.54, 1.807) is 5.57 Å². The van der Waals surface area contributed by atoms with Crippen molar-refractivity contribution in [3.8, 4) is 0 Å². The molecule has 0 spiro atoms. The van der Waals surface area contributed by atoms with Gasteiger partial charge in [-0.15, -0.1) is 0 Å². The summed E-state index contributed by atoms with van der Waals surface area (Å²) in [7, 11) is 0. The average molecular weight is 182 g/mol. The van der Waals surface area contributed by atoms with Gasteiger partial charge < -0.3 is 4.74 Å². The molecule has 0 saturated heterocycles. The largest absolute Gasteiger partial charge is 0.466 e. The monoisotopic (exact) mass is 182 g/mol. The van der Waals surface area contributed by atoms with E-state index in [0.29, 0.717) is 12.5 Å². The zero-order chi connectivity index (χ0) is 9.68. The minimum absolute atomic E-state index is 0.174. The third-order valence-corrected chi connectivity index (χ3v) is 2.57. The molecule has 0 fully saturated rings. The Hall–Kier alpha value is -0.790. The quantitative estimate of drug-likeness (QED) is 0.493. The summed E-state index contributed by atoms with van der Waals surface area (Å²) in [4.78, 5) is 10.5. The average Bonchev–Trinajstić information content (AvgIpc) is 2.55. The Morgan fingerprint density at radius 2 is 2.46 bits per heavy atom. The lowest BCUT2D eigenvalue weighted by atomic mass is 9.98. The number of esters is 1. The van der Waals surface area contributed by atoms with Crippen LogP contribution in [0, 0.1) is 5.92 Å². The molecule has 0 aromatic carbocycles. The number of carbonyl (C=O) groups is 1. The lowest BCUT2D eigenvalue weighted by Crippen LogP contribution is -2.06. The highest BCUT2D eigenvalue weighted by atomic mass is 16.5. The Balaban J connectivity index is 2.17. The second-order valence-corrected chi connectivity index (χ2v) is 3.70. The van der Waals surface area contributed by atoms with Gasteiger partial charge in [-0.1, -0.05) is 18.6 Å². The molecule has 0 heterocycles. The number of carbonyl (C=O) groups excluding carboxylic acids is 1. The third-order valence-electron chi connectivity index (χ3n) is 2.57. The molecule has 1 rings (SSSR count). The molecule has 0 aromatic heterocycles. The van der Waals surface area contributed by atoms with Gasteiger partial charge in [-0.25, -0.2) is 0 Å². The molecule has 1 atom stereocenters. The van der Waals surface area contributed by atoms with Gasteiger partial charge in [0.15, 0.2) is 0 Å². The van der Waals surface area contributed by atoms with Crippen LogP contribution in [0.25, 0.3) is 0 Å². The molecule has 13 heavy (non-hydrogen) atoms. The molecule has 1 aliphatic rings. The van der Waals surface area contributed by atoms with Gasteiger partial charge in [-0.05, 0) is 31.6 Å². The number of allylic oxidation sites excluding steroid dienone is 2. The van der Waals surface area contributed by atoms with E-state index in [9.17, 15) is 4.79 Å². The van der Waals surface area contributed by atoms with Gasteiger partial charge in [0.25, 0.3) is 0 Å². The van der Waals surface area contributed by atoms with Crippen molar-refractivity contribution in [3.05, 3.63) is 11.6 Å². The van der Waals surface area contributed by atoms with Gasteiger partial charge in [-0.2, -0.15) is 0 Å². The van der Waals surface area contributed by atoms with Crippen LogP contribution in [0.2, 0.25) is 0 Å². The molecule has 0 radical (unpaired) electrons. The fraction of sp³-hybridized carbons (Fsp3) is 0.727. The predicted octanol–water partition coefficient (Wildman–Crippen LogP) is 2.69. The van der Waals surface area contributed by atoms with Gasteiger partial charge in [0.2, 0.25) is 0 Å². The van der Waals surface area contributed by atoms with E-state index < -0.39 is 0 Å². The normalized spacial score (nSPS) is 18.2. The number of ether oxygens (including phenoxy) is 1. The molecule has 74 valence electrons. The molecule has 2 heteroatoms. The molecule has 0 unspecified atom stereocenters. The molecule has 0 amide bonds. The summed E-state index contributed by atoms with van der Waals surface area (Å²) in [6.07, 6.45) is 7.06. The number of hydrogen-bond acceptors (Lipinski definition) is 2. The van der Waals surface area contributed by atoms with Crippen LogP contribution in [0.15, 0.2) is 11.6 Å². The Morgan fingerprint density at radius 1 is 1.69 bits per heavy atom. The summed E-state index contributed by atoms with van der Waals surface area (Å²) >= 11 is 0. The second kappa shape index (κ2) is 5.05. The molecular weight excluding hydrogens is 164 g/mol. The molecule has 2 nitrogen and oxygen atoms in total. The molecule has 0 aliphatic heterocycles. The molecule has 0 saturated carbocycles. The maximum Gasteiger partial charge on any atom is 0.302 e. The predicted molar refractivity (Wildman–Crippen MR) is 52.3 cm³/mol. The zero-order valence-corrected chi connectivity index (χ0v) is 8.51. The van der Waals surface area contributed by atoms with E-state index in [1.165, 1.54) is 26.2 Å². The summed E-state index contributed by atoms with van der Waals surface area (Å²) in [5.41, 5.74) is 1.55. The van der Waals surface area contributed by atoms with E-state index in [0.717, 1.165) is 6.42 Å². The van der Waals surface area contributed by atoms with Crippen LogP contribution in [-0.4, -0.2) is 12.6 Å². The van der Waals surface area contributed by atoms with Gasteiger partial charge in [0.05, 0.1) is 6.61 Å². The Labute approximate surface area is 80.0 Å². The lowest BCUT2D eigenvalue weighted by molar-refractivity contribution is -0.141. The number of rotatable bonds is 4. The first-order valence-corrected chi connectivity index (χ1v) is 5.02. The Morgan fingerprint density at radius 3 is 3.00 bits per heavy atom. The second-order valence-electron chi connectivity index (χ2n) is 3.70.